The van der Waals surface area contributed by atoms with Gasteiger partial charge in [0, 0.05) is 19.0 Å². The van der Waals surface area contributed by atoms with Crippen LogP contribution in [0.1, 0.15) is 12.2 Å². The molecule has 0 saturated carbocycles. The van der Waals surface area contributed by atoms with Gasteiger partial charge in [0.05, 0.1) is 6.54 Å². The molecule has 2 heterocycles. The molecule has 1 aliphatic rings. The van der Waals surface area contributed by atoms with E-state index in [4.69, 9.17) is 0 Å². The Morgan fingerprint density at radius 1 is 1.56 bits per heavy atom. The van der Waals surface area contributed by atoms with Gasteiger partial charge >= 0.3 is 6.18 Å². The van der Waals surface area contributed by atoms with Crippen molar-refractivity contribution < 1.29 is 18.3 Å². The van der Waals surface area contributed by atoms with Crippen molar-refractivity contribution >= 4 is 5.82 Å². The number of hydrogen-bond donors (Lipinski definition) is 2. The summed E-state index contributed by atoms with van der Waals surface area (Å²) in [6.45, 7) is 0.940. The maximum atomic E-state index is 12.6. The Hall–Kier alpha value is -1.57. The van der Waals surface area contributed by atoms with Crippen molar-refractivity contribution in [2.75, 3.05) is 18.0 Å². The highest BCUT2D eigenvalue weighted by molar-refractivity contribution is 5.40. The number of aliphatic hydroxyl groups is 1. The third-order valence-corrected chi connectivity index (χ3v) is 2.95. The lowest BCUT2D eigenvalue weighted by Gasteiger charge is -2.26. The third kappa shape index (κ3) is 2.20. The standard InChI is InChI=1S/C10H12F3N3O2/c1-6-14-7(4-8(17)15-6)16-3-2-9(18,5-16)10(11,12)13/h4,18H,2-3,5H2,1H3,(H,14,15,17). The quantitative estimate of drug-likeness (QED) is 0.777. The van der Waals surface area contributed by atoms with E-state index in [1.165, 1.54) is 11.8 Å². The second-order valence-electron chi connectivity index (χ2n) is 4.39. The molecule has 0 radical (unpaired) electrons. The van der Waals surface area contributed by atoms with Gasteiger partial charge in [-0.1, -0.05) is 0 Å². The Morgan fingerprint density at radius 2 is 2.22 bits per heavy atom. The normalized spacial score (nSPS) is 24.6. The van der Waals surface area contributed by atoms with Crippen LogP contribution in [0, 0.1) is 6.92 Å². The maximum absolute atomic E-state index is 12.6. The second kappa shape index (κ2) is 3.98. The van der Waals surface area contributed by atoms with Gasteiger partial charge in [-0.2, -0.15) is 13.2 Å². The molecule has 1 aliphatic heterocycles. The summed E-state index contributed by atoms with van der Waals surface area (Å²) >= 11 is 0. The summed E-state index contributed by atoms with van der Waals surface area (Å²) in [6, 6.07) is 1.12. The van der Waals surface area contributed by atoms with E-state index in [2.05, 4.69) is 9.97 Å². The molecule has 0 aromatic carbocycles. The molecule has 100 valence electrons. The molecule has 1 fully saturated rings. The molecule has 18 heavy (non-hydrogen) atoms. The number of anilines is 1. The summed E-state index contributed by atoms with van der Waals surface area (Å²) in [5.74, 6) is 0.469. The van der Waals surface area contributed by atoms with Crippen LogP contribution in [0.25, 0.3) is 0 Å². The van der Waals surface area contributed by atoms with Crippen LogP contribution in [-0.4, -0.2) is 39.9 Å². The third-order valence-electron chi connectivity index (χ3n) is 2.95. The van der Waals surface area contributed by atoms with E-state index in [9.17, 15) is 23.1 Å². The van der Waals surface area contributed by atoms with E-state index < -0.39 is 30.3 Å². The van der Waals surface area contributed by atoms with Gasteiger partial charge in [0.1, 0.15) is 11.6 Å². The van der Waals surface area contributed by atoms with Crippen molar-refractivity contribution in [3.63, 3.8) is 0 Å². The van der Waals surface area contributed by atoms with Crippen LogP contribution >= 0.6 is 0 Å². The van der Waals surface area contributed by atoms with E-state index >= 15 is 0 Å². The molecule has 5 nitrogen and oxygen atoms in total. The van der Waals surface area contributed by atoms with Crippen molar-refractivity contribution in [3.8, 4) is 0 Å². The number of nitrogens with zero attached hydrogens (tertiary/aromatic N) is 2. The molecular formula is C10H12F3N3O2. The number of hydrogen-bond acceptors (Lipinski definition) is 4. The molecule has 0 amide bonds. The summed E-state index contributed by atoms with van der Waals surface area (Å²) in [5, 5.41) is 9.52. The Balaban J connectivity index is 2.26. The van der Waals surface area contributed by atoms with Gasteiger partial charge in [0.2, 0.25) is 0 Å². The van der Waals surface area contributed by atoms with Gasteiger partial charge in [-0.25, -0.2) is 4.98 Å². The number of alkyl halides is 3. The first-order chi connectivity index (χ1) is 8.21. The predicted molar refractivity (Wildman–Crippen MR) is 57.4 cm³/mol. The predicted octanol–water partition coefficient (Wildman–Crippen LogP) is 0.582. The molecule has 1 aromatic rings. The van der Waals surface area contributed by atoms with E-state index in [1.54, 1.807) is 0 Å². The maximum Gasteiger partial charge on any atom is 0.418 e. The van der Waals surface area contributed by atoms with Crippen molar-refractivity contribution in [3.05, 3.63) is 22.2 Å². The number of β-amino-alcohol motifs (C(OH)–C–C–N with tert-alkyl or cyclic N) is 1. The lowest BCUT2D eigenvalue weighted by atomic mass is 10.0. The van der Waals surface area contributed by atoms with Gasteiger partial charge in [-0.15, -0.1) is 0 Å². The molecule has 2 rings (SSSR count). The highest BCUT2D eigenvalue weighted by Crippen LogP contribution is 2.38. The van der Waals surface area contributed by atoms with Crippen molar-refractivity contribution in [2.45, 2.75) is 25.1 Å². The molecule has 1 atom stereocenters. The van der Waals surface area contributed by atoms with Gasteiger partial charge in [-0.3, -0.25) is 4.79 Å². The monoisotopic (exact) mass is 263 g/mol. The minimum absolute atomic E-state index is 0.00586. The minimum Gasteiger partial charge on any atom is -0.379 e. The van der Waals surface area contributed by atoms with Crippen LogP contribution < -0.4 is 10.5 Å². The zero-order valence-electron chi connectivity index (χ0n) is 9.58. The molecule has 1 unspecified atom stereocenters. The SMILES string of the molecule is Cc1nc(N2CCC(O)(C(F)(F)F)C2)cc(=O)[nH]1. The summed E-state index contributed by atoms with van der Waals surface area (Å²) < 4.78 is 37.9. The Bertz CT molecular complexity index is 514. The summed E-state index contributed by atoms with van der Waals surface area (Å²) in [5.41, 5.74) is -3.16. The number of aryl methyl sites for hydroxylation is 1. The lowest BCUT2D eigenvalue weighted by Crippen LogP contribution is -2.47. The fourth-order valence-corrected chi connectivity index (χ4v) is 1.95. The molecule has 0 bridgehead atoms. The Kier molecular flexibility index (Phi) is 2.84. The van der Waals surface area contributed by atoms with Crippen molar-refractivity contribution in [1.82, 2.24) is 9.97 Å². The first-order valence-electron chi connectivity index (χ1n) is 5.33. The fourth-order valence-electron chi connectivity index (χ4n) is 1.95. The van der Waals surface area contributed by atoms with E-state index in [-0.39, 0.29) is 12.4 Å². The number of H-pyrrole nitrogens is 1. The number of nitrogens with one attached hydrogen (secondary N) is 1. The van der Waals surface area contributed by atoms with Crippen molar-refractivity contribution in [2.24, 2.45) is 0 Å². The van der Waals surface area contributed by atoms with Crippen LogP contribution in [0.4, 0.5) is 19.0 Å². The van der Waals surface area contributed by atoms with Crippen LogP contribution in [0.3, 0.4) is 0 Å². The zero-order valence-corrected chi connectivity index (χ0v) is 9.58. The number of aromatic amines is 1. The molecule has 0 aliphatic carbocycles. The van der Waals surface area contributed by atoms with E-state index in [0.717, 1.165) is 6.07 Å². The Morgan fingerprint density at radius 3 is 2.72 bits per heavy atom. The zero-order chi connectivity index (χ0) is 13.6. The number of halogens is 3. The topological polar surface area (TPSA) is 69.2 Å². The van der Waals surface area contributed by atoms with Gasteiger partial charge < -0.3 is 15.0 Å². The van der Waals surface area contributed by atoms with Crippen LogP contribution in [0.15, 0.2) is 10.9 Å². The van der Waals surface area contributed by atoms with E-state index in [1.807, 2.05) is 0 Å². The molecule has 1 aromatic heterocycles. The summed E-state index contributed by atoms with van der Waals surface area (Å²) in [4.78, 5) is 18.8. The van der Waals surface area contributed by atoms with Gasteiger partial charge in [0.15, 0.2) is 5.60 Å². The average molecular weight is 263 g/mol. The largest absolute Gasteiger partial charge is 0.418 e. The minimum atomic E-state index is -4.68. The Labute approximate surface area is 100 Å². The smallest absolute Gasteiger partial charge is 0.379 e. The van der Waals surface area contributed by atoms with Crippen molar-refractivity contribution in [1.29, 1.82) is 0 Å². The highest BCUT2D eigenvalue weighted by atomic mass is 19.4. The second-order valence-corrected chi connectivity index (χ2v) is 4.39. The molecule has 1 saturated heterocycles. The number of rotatable bonds is 1. The summed E-state index contributed by atoms with van der Waals surface area (Å²) in [7, 11) is 0. The summed E-state index contributed by atoms with van der Waals surface area (Å²) in [6.07, 6.45) is -5.11. The number of aromatic nitrogens is 2. The van der Waals surface area contributed by atoms with Gasteiger partial charge in [-0.05, 0) is 6.92 Å². The van der Waals surface area contributed by atoms with E-state index in [0.29, 0.717) is 5.82 Å². The van der Waals surface area contributed by atoms with Crippen LogP contribution in [-0.2, 0) is 0 Å². The molecular weight excluding hydrogens is 251 g/mol. The van der Waals surface area contributed by atoms with Gasteiger partial charge in [0.25, 0.3) is 5.56 Å². The fraction of sp³-hybridized carbons (Fsp3) is 0.600. The molecule has 8 heteroatoms. The average Bonchev–Trinajstić information content (AvgIpc) is 2.60. The lowest BCUT2D eigenvalue weighted by molar-refractivity contribution is -0.250. The molecule has 2 N–H and O–H groups in total. The first-order valence-corrected chi connectivity index (χ1v) is 5.33. The molecule has 0 spiro atoms. The van der Waals surface area contributed by atoms with Crippen LogP contribution in [0.5, 0.6) is 0 Å². The first kappa shape index (κ1) is 12.9. The van der Waals surface area contributed by atoms with Crippen LogP contribution in [0.2, 0.25) is 0 Å². The highest BCUT2D eigenvalue weighted by Gasteiger charge is 2.57.